The van der Waals surface area contributed by atoms with Gasteiger partial charge in [-0.1, -0.05) is 6.07 Å². The zero-order valence-electron chi connectivity index (χ0n) is 25.5. The number of hydrogen-bond donors (Lipinski definition) is 1. The standard InChI is InChI=1S/C29H38N4O4S.C2HF3O2/c1-21-19-22(27(34)32-14-4-3-8-26-24(32)11-18-38-26)9-10-23(21)20-37-29(36)33-15-5-7-25(33)28(35)31-13-6-12-30(2)16-17-31;3-2(4,5)1(6)7/h9-11,18-19,25H,3-8,12-17,20H2,1-2H3;(H,6,7)/t25-;/m0./s1. The molecule has 3 aliphatic heterocycles. The molecule has 0 aliphatic carbocycles. The quantitative estimate of drug-likeness (QED) is 0.499. The molecule has 5 rings (SSSR count). The van der Waals surface area contributed by atoms with Gasteiger partial charge in [-0.25, -0.2) is 9.59 Å². The Bertz CT molecular complexity index is 1380. The van der Waals surface area contributed by atoms with E-state index in [0.717, 1.165) is 75.1 Å². The molecule has 1 atom stereocenters. The maximum atomic E-state index is 13.4. The molecule has 3 amide bonds. The predicted molar refractivity (Wildman–Crippen MR) is 162 cm³/mol. The lowest BCUT2D eigenvalue weighted by atomic mass is 10.0. The summed E-state index contributed by atoms with van der Waals surface area (Å²) in [6.07, 6.45) is 0.0222. The number of carbonyl (C=O) groups is 4. The Balaban J connectivity index is 0.000000591. The summed E-state index contributed by atoms with van der Waals surface area (Å²) < 4.78 is 37.4. The predicted octanol–water partition coefficient (Wildman–Crippen LogP) is 4.94. The second-order valence-electron chi connectivity index (χ2n) is 11.5. The number of alkyl halides is 3. The van der Waals surface area contributed by atoms with Crippen LogP contribution in [0.25, 0.3) is 0 Å². The minimum atomic E-state index is -5.08. The number of aryl methyl sites for hydroxylation is 2. The molecule has 45 heavy (non-hydrogen) atoms. The second kappa shape index (κ2) is 15.1. The van der Waals surface area contributed by atoms with Gasteiger partial charge in [-0.2, -0.15) is 13.2 Å². The Kier molecular flexibility index (Phi) is 11.5. The van der Waals surface area contributed by atoms with Crippen molar-refractivity contribution in [3.8, 4) is 0 Å². The fourth-order valence-corrected chi connectivity index (χ4v) is 6.66. The second-order valence-corrected chi connectivity index (χ2v) is 12.5. The van der Waals surface area contributed by atoms with E-state index < -0.39 is 24.3 Å². The van der Waals surface area contributed by atoms with Crippen molar-refractivity contribution in [3.05, 3.63) is 51.2 Å². The molecule has 0 unspecified atom stereocenters. The van der Waals surface area contributed by atoms with E-state index in [1.54, 1.807) is 16.2 Å². The van der Waals surface area contributed by atoms with E-state index >= 15 is 0 Å². The molecule has 0 saturated carbocycles. The summed E-state index contributed by atoms with van der Waals surface area (Å²) in [7, 11) is 2.08. The number of anilines is 1. The number of aliphatic carboxylic acids is 1. The molecule has 1 aromatic heterocycles. The van der Waals surface area contributed by atoms with Gasteiger partial charge in [0.2, 0.25) is 5.91 Å². The average Bonchev–Trinajstić information content (AvgIpc) is 3.57. The number of ether oxygens (including phenoxy) is 1. The monoisotopic (exact) mass is 652 g/mol. The van der Waals surface area contributed by atoms with Crippen molar-refractivity contribution in [2.75, 3.05) is 51.2 Å². The van der Waals surface area contributed by atoms with Gasteiger partial charge in [0.1, 0.15) is 12.6 Å². The zero-order chi connectivity index (χ0) is 32.7. The Morgan fingerprint density at radius 2 is 1.73 bits per heavy atom. The molecule has 1 N–H and O–H groups in total. The molecule has 1 aromatic carbocycles. The molecular formula is C31H39F3N4O6S. The number of amides is 3. The summed E-state index contributed by atoms with van der Waals surface area (Å²) in [5, 5.41) is 9.18. The van der Waals surface area contributed by atoms with Crippen LogP contribution in [0.15, 0.2) is 29.6 Å². The molecule has 10 nitrogen and oxygen atoms in total. The van der Waals surface area contributed by atoms with Crippen LogP contribution >= 0.6 is 11.3 Å². The minimum absolute atomic E-state index is 0.0105. The number of benzene rings is 1. The van der Waals surface area contributed by atoms with E-state index in [4.69, 9.17) is 14.6 Å². The maximum Gasteiger partial charge on any atom is 0.490 e. The molecule has 2 aromatic rings. The number of likely N-dealkylation sites (N-methyl/N-ethyl adjacent to an activating group) is 1. The molecule has 0 spiro atoms. The van der Waals surface area contributed by atoms with Crippen LogP contribution < -0.4 is 4.90 Å². The summed E-state index contributed by atoms with van der Waals surface area (Å²) in [6.45, 7) is 6.59. The fourth-order valence-electron chi connectivity index (χ4n) is 5.74. The first-order valence-corrected chi connectivity index (χ1v) is 15.9. The van der Waals surface area contributed by atoms with E-state index in [1.807, 2.05) is 41.0 Å². The third-order valence-corrected chi connectivity index (χ3v) is 9.25. The minimum Gasteiger partial charge on any atom is -0.475 e. The lowest BCUT2D eigenvalue weighted by Crippen LogP contribution is -2.48. The molecule has 4 heterocycles. The molecule has 0 radical (unpaired) electrons. The first-order chi connectivity index (χ1) is 21.4. The maximum absolute atomic E-state index is 13.4. The number of fused-ring (bicyclic) bond motifs is 1. The third kappa shape index (κ3) is 8.75. The number of carboxylic acids is 1. The largest absolute Gasteiger partial charge is 0.490 e. The van der Waals surface area contributed by atoms with Crippen molar-refractivity contribution in [2.24, 2.45) is 0 Å². The van der Waals surface area contributed by atoms with Crippen LogP contribution in [0, 0.1) is 6.92 Å². The van der Waals surface area contributed by atoms with Gasteiger partial charge in [0, 0.05) is 43.2 Å². The van der Waals surface area contributed by atoms with Gasteiger partial charge in [0.25, 0.3) is 5.91 Å². The normalized spacial score (nSPS) is 19.1. The van der Waals surface area contributed by atoms with Crippen molar-refractivity contribution in [1.82, 2.24) is 14.7 Å². The average molecular weight is 653 g/mol. The number of likely N-dealkylation sites (tertiary alicyclic amines) is 1. The molecule has 2 saturated heterocycles. The molecule has 246 valence electrons. The first-order valence-electron chi connectivity index (χ1n) is 15.1. The van der Waals surface area contributed by atoms with Crippen molar-refractivity contribution in [3.63, 3.8) is 0 Å². The highest BCUT2D eigenvalue weighted by atomic mass is 32.1. The van der Waals surface area contributed by atoms with Crippen LogP contribution in [0.4, 0.5) is 23.7 Å². The van der Waals surface area contributed by atoms with Crippen LogP contribution in [-0.4, -0.2) is 102 Å². The SMILES string of the molecule is Cc1cc(C(=O)N2CCCCc3sccc32)ccc1COC(=O)N1CCC[C@H]1C(=O)N1CCCN(C)CC1.O=C(O)C(F)(F)F. The smallest absolute Gasteiger partial charge is 0.475 e. The molecule has 0 bridgehead atoms. The zero-order valence-corrected chi connectivity index (χ0v) is 26.3. The Hall–Kier alpha value is -3.65. The Labute approximate surface area is 264 Å². The summed E-state index contributed by atoms with van der Waals surface area (Å²) in [5.41, 5.74) is 3.45. The third-order valence-electron chi connectivity index (χ3n) is 8.28. The summed E-state index contributed by atoms with van der Waals surface area (Å²) >= 11 is 1.72. The van der Waals surface area contributed by atoms with Crippen LogP contribution in [0.5, 0.6) is 0 Å². The molecular weight excluding hydrogens is 613 g/mol. The van der Waals surface area contributed by atoms with Crippen LogP contribution in [0.1, 0.15) is 58.5 Å². The van der Waals surface area contributed by atoms with E-state index in [2.05, 4.69) is 17.3 Å². The summed E-state index contributed by atoms with van der Waals surface area (Å²) in [6, 6.07) is 7.20. The van der Waals surface area contributed by atoms with Gasteiger partial charge in [-0.15, -0.1) is 11.3 Å². The van der Waals surface area contributed by atoms with Gasteiger partial charge < -0.3 is 24.5 Å². The van der Waals surface area contributed by atoms with E-state index in [0.29, 0.717) is 25.1 Å². The number of thiophene rings is 1. The fraction of sp³-hybridized carbons (Fsp3) is 0.548. The number of hydrogen-bond acceptors (Lipinski definition) is 7. The van der Waals surface area contributed by atoms with Gasteiger partial charge >= 0.3 is 18.2 Å². The van der Waals surface area contributed by atoms with Crippen molar-refractivity contribution in [2.45, 2.75) is 64.3 Å². The number of rotatable bonds is 4. The highest BCUT2D eigenvalue weighted by Crippen LogP contribution is 2.32. The van der Waals surface area contributed by atoms with Crippen LogP contribution in [0.3, 0.4) is 0 Å². The number of carboxylic acid groups (broad SMARTS) is 1. The van der Waals surface area contributed by atoms with Gasteiger partial charge in [-0.3, -0.25) is 14.5 Å². The lowest BCUT2D eigenvalue weighted by Gasteiger charge is -2.29. The summed E-state index contributed by atoms with van der Waals surface area (Å²) in [5.74, 6) is -2.71. The van der Waals surface area contributed by atoms with Crippen molar-refractivity contribution < 1.29 is 42.2 Å². The van der Waals surface area contributed by atoms with Gasteiger partial charge in [-0.05, 0) is 93.7 Å². The number of carbonyl (C=O) groups excluding carboxylic acids is 3. The summed E-state index contributed by atoms with van der Waals surface area (Å²) in [4.78, 5) is 57.5. The highest BCUT2D eigenvalue weighted by Gasteiger charge is 2.39. The van der Waals surface area contributed by atoms with E-state index in [1.165, 1.54) is 4.88 Å². The van der Waals surface area contributed by atoms with Gasteiger partial charge in [0.15, 0.2) is 0 Å². The topological polar surface area (TPSA) is 111 Å². The molecule has 3 aliphatic rings. The van der Waals surface area contributed by atoms with Crippen molar-refractivity contribution in [1.29, 1.82) is 0 Å². The van der Waals surface area contributed by atoms with Crippen LogP contribution in [-0.2, 0) is 27.4 Å². The van der Waals surface area contributed by atoms with E-state index in [-0.39, 0.29) is 18.4 Å². The first kappa shape index (κ1) is 34.2. The van der Waals surface area contributed by atoms with Crippen LogP contribution in [0.2, 0.25) is 0 Å². The lowest BCUT2D eigenvalue weighted by molar-refractivity contribution is -0.192. The Morgan fingerprint density at radius 1 is 0.978 bits per heavy atom. The number of halogens is 3. The Morgan fingerprint density at radius 3 is 2.44 bits per heavy atom. The molecule has 14 heteroatoms. The van der Waals surface area contributed by atoms with E-state index in [9.17, 15) is 27.6 Å². The van der Waals surface area contributed by atoms with Crippen molar-refractivity contribution >= 4 is 40.9 Å². The highest BCUT2D eigenvalue weighted by molar-refractivity contribution is 7.10. The molecule has 2 fully saturated rings. The number of nitrogens with zero attached hydrogens (tertiary/aromatic N) is 4. The van der Waals surface area contributed by atoms with Gasteiger partial charge in [0.05, 0.1) is 5.69 Å².